The minimum Gasteiger partial charge on any atom is -0.360 e. The molecule has 5 heteroatoms. The molecule has 0 radical (unpaired) electrons. The van der Waals surface area contributed by atoms with Gasteiger partial charge < -0.3 is 14.7 Å². The van der Waals surface area contributed by atoms with Crippen LogP contribution in [0, 0.1) is 6.92 Å². The molecule has 116 valence electrons. The summed E-state index contributed by atoms with van der Waals surface area (Å²) in [6.07, 6.45) is 1.64. The number of amides is 1. The molecule has 2 aromatic rings. The van der Waals surface area contributed by atoms with Crippen molar-refractivity contribution in [2.45, 2.75) is 25.7 Å². The maximum atomic E-state index is 11.9. The van der Waals surface area contributed by atoms with Gasteiger partial charge in [-0.2, -0.15) is 0 Å². The average Bonchev–Trinajstić information content (AvgIpc) is 3.15. The van der Waals surface area contributed by atoms with Crippen LogP contribution in [0.15, 0.2) is 40.9 Å². The molecule has 0 saturated carbocycles. The number of nitrogens with zero attached hydrogens (tertiary/aromatic N) is 2. The number of nitrogens with one attached hydrogen (secondary N) is 1. The predicted molar refractivity (Wildman–Crippen MR) is 84.7 cm³/mol. The highest BCUT2D eigenvalue weighted by atomic mass is 16.5. The summed E-state index contributed by atoms with van der Waals surface area (Å²) in [5, 5.41) is 6.53. The van der Waals surface area contributed by atoms with Gasteiger partial charge in [-0.15, -0.1) is 0 Å². The van der Waals surface area contributed by atoms with Crippen LogP contribution in [0.4, 0.5) is 5.82 Å². The van der Waals surface area contributed by atoms with E-state index in [0.29, 0.717) is 23.9 Å². The van der Waals surface area contributed by atoms with E-state index in [1.54, 1.807) is 13.0 Å². The highest BCUT2D eigenvalue weighted by molar-refractivity contribution is 5.89. The Morgan fingerprint density at radius 3 is 2.95 bits per heavy atom. The number of carbonyl (C=O) groups is 1. The van der Waals surface area contributed by atoms with Crippen molar-refractivity contribution in [2.75, 3.05) is 25.0 Å². The Hall–Kier alpha value is -2.14. The molecule has 22 heavy (non-hydrogen) atoms. The van der Waals surface area contributed by atoms with Gasteiger partial charge in [0.1, 0.15) is 5.76 Å². The normalized spacial score (nSPS) is 18.5. The van der Waals surface area contributed by atoms with E-state index >= 15 is 0 Å². The molecule has 1 atom stereocenters. The Balaban J connectivity index is 1.44. The summed E-state index contributed by atoms with van der Waals surface area (Å²) in [4.78, 5) is 14.3. The van der Waals surface area contributed by atoms with Crippen LogP contribution in [0.3, 0.4) is 0 Å². The Kier molecular flexibility index (Phi) is 4.53. The predicted octanol–water partition coefficient (Wildman–Crippen LogP) is 2.80. The average molecular weight is 299 g/mol. The van der Waals surface area contributed by atoms with Crippen LogP contribution >= 0.6 is 0 Å². The van der Waals surface area contributed by atoms with Gasteiger partial charge in [-0.1, -0.05) is 35.5 Å². The second-order valence-electron chi connectivity index (χ2n) is 5.82. The lowest BCUT2D eigenvalue weighted by molar-refractivity contribution is -0.116. The van der Waals surface area contributed by atoms with Crippen molar-refractivity contribution < 1.29 is 9.32 Å². The zero-order chi connectivity index (χ0) is 15.4. The Morgan fingerprint density at radius 2 is 2.23 bits per heavy atom. The Labute approximate surface area is 130 Å². The number of anilines is 1. The number of aryl methyl sites for hydroxylation is 1. The van der Waals surface area contributed by atoms with Crippen LogP contribution in [0.5, 0.6) is 0 Å². The number of rotatable bonds is 5. The fourth-order valence-corrected chi connectivity index (χ4v) is 2.92. The van der Waals surface area contributed by atoms with E-state index in [0.717, 1.165) is 26.1 Å². The second kappa shape index (κ2) is 6.75. The summed E-state index contributed by atoms with van der Waals surface area (Å²) in [7, 11) is 0. The zero-order valence-corrected chi connectivity index (χ0v) is 12.8. The molecule has 2 heterocycles. The third-order valence-corrected chi connectivity index (χ3v) is 4.09. The van der Waals surface area contributed by atoms with Crippen molar-refractivity contribution >= 4 is 11.7 Å². The fourth-order valence-electron chi connectivity index (χ4n) is 2.92. The minimum atomic E-state index is -0.0172. The van der Waals surface area contributed by atoms with E-state index < -0.39 is 0 Å². The van der Waals surface area contributed by atoms with E-state index in [1.807, 2.05) is 6.07 Å². The van der Waals surface area contributed by atoms with Crippen molar-refractivity contribution in [1.29, 1.82) is 0 Å². The molecule has 1 aliphatic heterocycles. The number of likely N-dealkylation sites (tertiary alicyclic amines) is 1. The van der Waals surface area contributed by atoms with E-state index in [9.17, 15) is 4.79 Å². The summed E-state index contributed by atoms with van der Waals surface area (Å²) in [5.41, 5.74) is 1.40. The summed E-state index contributed by atoms with van der Waals surface area (Å²) >= 11 is 0. The molecule has 0 bridgehead atoms. The molecular formula is C17H21N3O2. The van der Waals surface area contributed by atoms with Gasteiger partial charge in [0.05, 0.1) is 0 Å². The Bertz CT molecular complexity index is 624. The van der Waals surface area contributed by atoms with Crippen molar-refractivity contribution in [3.63, 3.8) is 0 Å². The van der Waals surface area contributed by atoms with E-state index in [1.165, 1.54) is 5.56 Å². The number of aromatic nitrogens is 1. The van der Waals surface area contributed by atoms with E-state index in [-0.39, 0.29) is 5.91 Å². The van der Waals surface area contributed by atoms with Crippen LogP contribution < -0.4 is 5.32 Å². The maximum absolute atomic E-state index is 11.9. The first-order chi connectivity index (χ1) is 10.7. The van der Waals surface area contributed by atoms with Crippen LogP contribution in [0.25, 0.3) is 0 Å². The molecule has 1 aromatic carbocycles. The molecule has 1 fully saturated rings. The highest BCUT2D eigenvalue weighted by Gasteiger charge is 2.23. The smallest absolute Gasteiger partial charge is 0.226 e. The largest absolute Gasteiger partial charge is 0.360 e. The topological polar surface area (TPSA) is 58.4 Å². The van der Waals surface area contributed by atoms with Crippen molar-refractivity contribution in [2.24, 2.45) is 0 Å². The monoisotopic (exact) mass is 299 g/mol. The van der Waals surface area contributed by atoms with Crippen molar-refractivity contribution in [3.8, 4) is 0 Å². The lowest BCUT2D eigenvalue weighted by Gasteiger charge is -2.15. The van der Waals surface area contributed by atoms with Gasteiger partial charge in [-0.3, -0.25) is 4.79 Å². The first-order valence-electron chi connectivity index (χ1n) is 7.71. The third-order valence-electron chi connectivity index (χ3n) is 4.09. The molecule has 0 spiro atoms. The van der Waals surface area contributed by atoms with Gasteiger partial charge in [-0.25, -0.2) is 0 Å². The standard InChI is InChI=1S/C17H21N3O2/c1-13-11-16(19-22-13)18-17(21)8-10-20-9-7-15(12-20)14-5-3-2-4-6-14/h2-6,11,15H,7-10,12H2,1H3,(H,18,19,21)/t15-/m0/s1. The molecule has 1 saturated heterocycles. The lowest BCUT2D eigenvalue weighted by atomic mass is 9.99. The maximum Gasteiger partial charge on any atom is 0.226 e. The van der Waals surface area contributed by atoms with Gasteiger partial charge in [0, 0.05) is 25.6 Å². The molecule has 3 rings (SSSR count). The molecule has 0 unspecified atom stereocenters. The second-order valence-corrected chi connectivity index (χ2v) is 5.82. The number of benzene rings is 1. The third kappa shape index (κ3) is 3.74. The minimum absolute atomic E-state index is 0.0172. The summed E-state index contributed by atoms with van der Waals surface area (Å²) in [6.45, 7) is 4.67. The molecule has 1 aliphatic rings. The molecule has 1 aromatic heterocycles. The van der Waals surface area contributed by atoms with Gasteiger partial charge in [0.25, 0.3) is 0 Å². The molecule has 0 aliphatic carbocycles. The van der Waals surface area contributed by atoms with Gasteiger partial charge >= 0.3 is 0 Å². The molecule has 1 N–H and O–H groups in total. The van der Waals surface area contributed by atoms with Crippen LogP contribution in [0.2, 0.25) is 0 Å². The molecule has 5 nitrogen and oxygen atoms in total. The SMILES string of the molecule is Cc1cc(NC(=O)CCN2CC[C@H](c3ccccc3)C2)no1. The van der Waals surface area contributed by atoms with Crippen molar-refractivity contribution in [3.05, 3.63) is 47.7 Å². The summed E-state index contributed by atoms with van der Waals surface area (Å²) in [6, 6.07) is 12.3. The summed E-state index contributed by atoms with van der Waals surface area (Å²) in [5.74, 6) is 1.76. The summed E-state index contributed by atoms with van der Waals surface area (Å²) < 4.78 is 4.93. The van der Waals surface area contributed by atoms with Crippen LogP contribution in [-0.2, 0) is 4.79 Å². The quantitative estimate of drug-likeness (QED) is 0.922. The zero-order valence-electron chi connectivity index (χ0n) is 12.8. The molecule has 1 amide bonds. The van der Waals surface area contributed by atoms with Gasteiger partial charge in [0.2, 0.25) is 5.91 Å². The number of hydrogen-bond acceptors (Lipinski definition) is 4. The van der Waals surface area contributed by atoms with E-state index in [2.05, 4.69) is 39.6 Å². The molecular weight excluding hydrogens is 278 g/mol. The highest BCUT2D eigenvalue weighted by Crippen LogP contribution is 2.26. The van der Waals surface area contributed by atoms with Crippen LogP contribution in [-0.4, -0.2) is 35.6 Å². The van der Waals surface area contributed by atoms with Gasteiger partial charge in [-0.05, 0) is 31.4 Å². The van der Waals surface area contributed by atoms with Gasteiger partial charge in [0.15, 0.2) is 5.82 Å². The van der Waals surface area contributed by atoms with Crippen LogP contribution in [0.1, 0.15) is 30.1 Å². The fraction of sp³-hybridized carbons (Fsp3) is 0.412. The first-order valence-corrected chi connectivity index (χ1v) is 7.71. The van der Waals surface area contributed by atoms with Crippen molar-refractivity contribution in [1.82, 2.24) is 10.1 Å². The lowest BCUT2D eigenvalue weighted by Crippen LogP contribution is -2.25. The Morgan fingerprint density at radius 1 is 1.41 bits per heavy atom. The van der Waals surface area contributed by atoms with E-state index in [4.69, 9.17) is 4.52 Å². The first kappa shape index (κ1) is 14.8. The number of carbonyl (C=O) groups excluding carboxylic acids is 1. The number of hydrogen-bond donors (Lipinski definition) is 1.